The van der Waals surface area contributed by atoms with Crippen molar-refractivity contribution in [2.45, 2.75) is 26.4 Å². The number of carbonyl (C=O) groups excluding carboxylic acids is 1. The van der Waals surface area contributed by atoms with Crippen LogP contribution in [0.2, 0.25) is 0 Å². The molecule has 0 aliphatic rings. The molecule has 3 rings (SSSR count). The van der Waals surface area contributed by atoms with Gasteiger partial charge in [-0.15, -0.1) is 11.3 Å². The van der Waals surface area contributed by atoms with E-state index in [9.17, 15) is 13.6 Å². The van der Waals surface area contributed by atoms with Crippen molar-refractivity contribution in [1.82, 2.24) is 9.88 Å². The van der Waals surface area contributed by atoms with Gasteiger partial charge in [-0.1, -0.05) is 6.07 Å². The van der Waals surface area contributed by atoms with Crippen molar-refractivity contribution in [3.63, 3.8) is 0 Å². The lowest BCUT2D eigenvalue weighted by molar-refractivity contribution is 0.0934. The Balaban J connectivity index is 2.07. The average molecular weight is 413 g/mol. The van der Waals surface area contributed by atoms with Crippen molar-refractivity contribution in [3.05, 3.63) is 57.0 Å². The van der Waals surface area contributed by atoms with E-state index >= 15 is 0 Å². The van der Waals surface area contributed by atoms with E-state index in [2.05, 4.69) is 21.2 Å². The van der Waals surface area contributed by atoms with Crippen molar-refractivity contribution >= 4 is 43.4 Å². The monoisotopic (exact) mass is 412 g/mol. The Labute approximate surface area is 150 Å². The topological polar surface area (TPSA) is 34.0 Å². The smallest absolute Gasteiger partial charge is 0.268 e. The van der Waals surface area contributed by atoms with Crippen molar-refractivity contribution < 1.29 is 13.6 Å². The van der Waals surface area contributed by atoms with Gasteiger partial charge in [-0.2, -0.15) is 0 Å². The van der Waals surface area contributed by atoms with Gasteiger partial charge < -0.3 is 9.88 Å². The molecule has 1 amide bonds. The fraction of sp³-hybridized carbons (Fsp3) is 0.235. The summed E-state index contributed by atoms with van der Waals surface area (Å²) in [4.78, 5) is 12.5. The number of aromatic nitrogens is 1. The van der Waals surface area contributed by atoms with Crippen LogP contribution >= 0.6 is 27.3 Å². The zero-order chi connectivity index (χ0) is 17.4. The molecule has 2 heterocycles. The van der Waals surface area contributed by atoms with Crippen LogP contribution in [0.4, 0.5) is 8.78 Å². The zero-order valence-corrected chi connectivity index (χ0v) is 15.5. The molecule has 0 spiro atoms. The van der Waals surface area contributed by atoms with Gasteiger partial charge in [-0.3, -0.25) is 4.79 Å². The average Bonchev–Trinajstić information content (AvgIpc) is 3.03. The first-order valence-electron chi connectivity index (χ1n) is 7.38. The van der Waals surface area contributed by atoms with E-state index in [1.165, 1.54) is 17.4 Å². The normalized spacial score (nSPS) is 11.4. The van der Waals surface area contributed by atoms with Crippen LogP contribution in [0.1, 0.15) is 29.9 Å². The van der Waals surface area contributed by atoms with Crippen LogP contribution in [0.3, 0.4) is 0 Å². The van der Waals surface area contributed by atoms with Gasteiger partial charge in [0.25, 0.3) is 5.91 Å². The fourth-order valence-electron chi connectivity index (χ4n) is 2.54. The van der Waals surface area contributed by atoms with Crippen molar-refractivity contribution in [2.75, 3.05) is 0 Å². The summed E-state index contributed by atoms with van der Waals surface area (Å²) in [6.07, 6.45) is 0. The number of halogens is 3. The molecule has 0 atom stereocenters. The molecule has 1 N–H and O–H groups in total. The first-order valence-corrected chi connectivity index (χ1v) is 9.05. The van der Waals surface area contributed by atoms with Crippen LogP contribution < -0.4 is 5.32 Å². The Morgan fingerprint density at radius 1 is 1.29 bits per heavy atom. The summed E-state index contributed by atoms with van der Waals surface area (Å²) in [5, 5.41) is 4.81. The number of benzene rings is 1. The minimum atomic E-state index is -0.895. The lowest BCUT2D eigenvalue weighted by Crippen LogP contribution is -2.31. The van der Waals surface area contributed by atoms with Gasteiger partial charge in [0.1, 0.15) is 5.69 Å². The quantitative estimate of drug-likeness (QED) is 0.647. The summed E-state index contributed by atoms with van der Waals surface area (Å²) >= 11 is 5.01. The number of hydrogen-bond acceptors (Lipinski definition) is 2. The molecule has 7 heteroatoms. The summed E-state index contributed by atoms with van der Waals surface area (Å²) in [6, 6.07) is 5.61. The highest BCUT2D eigenvalue weighted by Gasteiger charge is 2.19. The predicted octanol–water partition coefficient (Wildman–Crippen LogP) is 4.93. The number of fused-ring (bicyclic) bond motifs is 1. The Kier molecular flexibility index (Phi) is 4.73. The van der Waals surface area contributed by atoms with Gasteiger partial charge in [-0.05, 0) is 53.5 Å². The summed E-state index contributed by atoms with van der Waals surface area (Å²) in [5.74, 6) is -1.97. The maximum atomic E-state index is 13.5. The molecule has 0 saturated heterocycles. The van der Waals surface area contributed by atoms with E-state index in [4.69, 9.17) is 0 Å². The second-order valence-corrected chi connectivity index (χ2v) is 7.55. The number of thiophene rings is 1. The molecule has 0 unspecified atom stereocenters. The van der Waals surface area contributed by atoms with Crippen LogP contribution in [-0.4, -0.2) is 16.5 Å². The molecule has 126 valence electrons. The molecular formula is C17H15BrF2N2OS. The second kappa shape index (κ2) is 6.64. The predicted molar refractivity (Wildman–Crippen MR) is 95.6 cm³/mol. The van der Waals surface area contributed by atoms with Gasteiger partial charge >= 0.3 is 0 Å². The summed E-state index contributed by atoms with van der Waals surface area (Å²) in [6.45, 7) is 4.05. The van der Waals surface area contributed by atoms with Crippen molar-refractivity contribution in [3.8, 4) is 0 Å². The van der Waals surface area contributed by atoms with Crippen LogP contribution in [0.15, 0.2) is 34.1 Å². The number of hydrogen-bond donors (Lipinski definition) is 1. The highest BCUT2D eigenvalue weighted by molar-refractivity contribution is 9.10. The number of rotatable bonds is 4. The van der Waals surface area contributed by atoms with Gasteiger partial charge in [0.2, 0.25) is 0 Å². The van der Waals surface area contributed by atoms with E-state index in [1.807, 2.05) is 29.9 Å². The van der Waals surface area contributed by atoms with E-state index in [0.29, 0.717) is 11.3 Å². The molecule has 0 radical (unpaired) electrons. The summed E-state index contributed by atoms with van der Waals surface area (Å²) in [5.41, 5.74) is 1.96. The molecule has 0 fully saturated rings. The van der Waals surface area contributed by atoms with E-state index in [1.54, 1.807) is 0 Å². The van der Waals surface area contributed by atoms with E-state index < -0.39 is 11.6 Å². The largest absolute Gasteiger partial charge is 0.349 e. The van der Waals surface area contributed by atoms with Crippen molar-refractivity contribution in [1.29, 1.82) is 0 Å². The lowest BCUT2D eigenvalue weighted by Gasteiger charge is -2.13. The first-order chi connectivity index (χ1) is 11.4. The number of carbonyl (C=O) groups is 1. The van der Waals surface area contributed by atoms with Crippen molar-refractivity contribution in [2.24, 2.45) is 0 Å². The SMILES string of the molecule is CC(C)NC(=O)c1cc2scc(Br)c2n1Cc1ccc(F)c(F)c1. The van der Waals surface area contributed by atoms with Crippen LogP contribution in [-0.2, 0) is 6.54 Å². The number of nitrogens with zero attached hydrogens (tertiary/aromatic N) is 1. The van der Waals surface area contributed by atoms with Crippen LogP contribution in [0.5, 0.6) is 0 Å². The molecule has 0 saturated carbocycles. The van der Waals surface area contributed by atoms with Gasteiger partial charge in [-0.25, -0.2) is 8.78 Å². The van der Waals surface area contributed by atoms with Crippen LogP contribution in [0, 0.1) is 11.6 Å². The molecule has 24 heavy (non-hydrogen) atoms. The third kappa shape index (κ3) is 3.23. The number of nitrogens with one attached hydrogen (secondary N) is 1. The Hall–Kier alpha value is -1.73. The first kappa shape index (κ1) is 17.1. The highest BCUT2D eigenvalue weighted by Crippen LogP contribution is 2.34. The summed E-state index contributed by atoms with van der Waals surface area (Å²) < 4.78 is 30.3. The molecule has 0 aliphatic heterocycles. The molecule has 3 nitrogen and oxygen atoms in total. The molecule has 2 aromatic heterocycles. The van der Waals surface area contributed by atoms with E-state index in [0.717, 1.165) is 26.8 Å². The maximum absolute atomic E-state index is 13.5. The van der Waals surface area contributed by atoms with Gasteiger partial charge in [0.15, 0.2) is 11.6 Å². The Morgan fingerprint density at radius 3 is 2.71 bits per heavy atom. The fourth-order valence-corrected chi connectivity index (χ4v) is 4.23. The minimum Gasteiger partial charge on any atom is -0.349 e. The zero-order valence-electron chi connectivity index (χ0n) is 13.1. The standard InChI is InChI=1S/C17H15BrF2N2OS/c1-9(2)21-17(23)14-6-15-16(11(18)8-24-15)22(14)7-10-3-4-12(19)13(20)5-10/h3-6,8-9H,7H2,1-2H3,(H,21,23). The van der Waals surface area contributed by atoms with Gasteiger partial charge in [0, 0.05) is 18.0 Å². The molecule has 0 bridgehead atoms. The molecular weight excluding hydrogens is 398 g/mol. The molecule has 0 aliphatic carbocycles. The third-order valence-electron chi connectivity index (χ3n) is 3.55. The maximum Gasteiger partial charge on any atom is 0.268 e. The minimum absolute atomic E-state index is 0.00518. The molecule has 3 aromatic rings. The highest BCUT2D eigenvalue weighted by atomic mass is 79.9. The third-order valence-corrected chi connectivity index (χ3v) is 5.38. The second-order valence-electron chi connectivity index (χ2n) is 5.79. The van der Waals surface area contributed by atoms with Crippen LogP contribution in [0.25, 0.3) is 10.2 Å². The Morgan fingerprint density at radius 2 is 2.04 bits per heavy atom. The lowest BCUT2D eigenvalue weighted by atomic mass is 10.2. The summed E-state index contributed by atoms with van der Waals surface area (Å²) in [7, 11) is 0. The van der Waals surface area contributed by atoms with Gasteiger partial charge in [0.05, 0.1) is 14.7 Å². The molecule has 1 aromatic carbocycles. The van der Waals surface area contributed by atoms with E-state index in [-0.39, 0.29) is 18.5 Å². The Bertz CT molecular complexity index is 917. The number of amides is 1.